The number of carbonyl (C=O) groups is 1. The molecule has 0 unspecified atom stereocenters. The van der Waals surface area contributed by atoms with Gasteiger partial charge in [-0.15, -0.1) is 0 Å². The third-order valence-corrected chi connectivity index (χ3v) is 4.90. The van der Waals surface area contributed by atoms with Crippen molar-refractivity contribution in [1.82, 2.24) is 4.90 Å². The zero-order chi connectivity index (χ0) is 15.0. The minimum absolute atomic E-state index is 0.291. The Labute approximate surface area is 125 Å². The molecule has 0 aromatic carbocycles. The van der Waals surface area contributed by atoms with E-state index in [0.717, 1.165) is 44.7 Å². The molecule has 1 fully saturated rings. The van der Waals surface area contributed by atoms with Crippen LogP contribution in [0.25, 0.3) is 0 Å². The third kappa shape index (κ3) is 4.21. The number of rotatable bonds is 8. The summed E-state index contributed by atoms with van der Waals surface area (Å²) in [4.78, 5) is 15.0. The Morgan fingerprint density at radius 1 is 1.10 bits per heavy atom. The summed E-state index contributed by atoms with van der Waals surface area (Å²) in [6.07, 6.45) is 8.88. The maximum atomic E-state index is 12.9. The molecule has 0 aliphatic carbocycles. The van der Waals surface area contributed by atoms with Gasteiger partial charge in [-0.3, -0.25) is 4.79 Å². The minimum Gasteiger partial charge on any atom is -0.342 e. The number of hydrogen-bond donors (Lipinski definition) is 1. The molecule has 1 amide bonds. The average molecular weight is 282 g/mol. The highest BCUT2D eigenvalue weighted by Gasteiger charge is 2.39. The average Bonchev–Trinajstić information content (AvgIpc) is 2.47. The van der Waals surface area contributed by atoms with E-state index in [9.17, 15) is 4.79 Å². The third-order valence-electron chi connectivity index (χ3n) is 4.90. The van der Waals surface area contributed by atoms with Crippen molar-refractivity contribution in [3.05, 3.63) is 0 Å². The van der Waals surface area contributed by atoms with E-state index in [4.69, 9.17) is 5.73 Å². The number of hydrogen-bond acceptors (Lipinski definition) is 2. The smallest absolute Gasteiger partial charge is 0.230 e. The van der Waals surface area contributed by atoms with Gasteiger partial charge in [0.25, 0.3) is 0 Å². The fourth-order valence-corrected chi connectivity index (χ4v) is 3.76. The van der Waals surface area contributed by atoms with Gasteiger partial charge in [0.15, 0.2) is 0 Å². The zero-order valence-electron chi connectivity index (χ0n) is 13.8. The lowest BCUT2D eigenvalue weighted by atomic mass is 9.77. The maximum Gasteiger partial charge on any atom is 0.230 e. The quantitative estimate of drug-likeness (QED) is 0.740. The molecular formula is C17H34N2O. The van der Waals surface area contributed by atoms with Crippen LogP contribution in [0.15, 0.2) is 0 Å². The molecule has 0 aromatic heterocycles. The summed E-state index contributed by atoms with van der Waals surface area (Å²) in [5.41, 5.74) is 5.72. The van der Waals surface area contributed by atoms with Crippen LogP contribution in [-0.2, 0) is 4.79 Å². The maximum absolute atomic E-state index is 12.9. The van der Waals surface area contributed by atoms with Gasteiger partial charge >= 0.3 is 0 Å². The molecule has 1 aliphatic heterocycles. The molecular weight excluding hydrogens is 248 g/mol. The van der Waals surface area contributed by atoms with Gasteiger partial charge in [-0.1, -0.05) is 46.5 Å². The highest BCUT2D eigenvalue weighted by Crippen LogP contribution is 2.33. The van der Waals surface area contributed by atoms with Crippen molar-refractivity contribution in [2.45, 2.75) is 72.1 Å². The molecule has 0 bridgehead atoms. The van der Waals surface area contributed by atoms with E-state index in [2.05, 4.69) is 25.7 Å². The summed E-state index contributed by atoms with van der Waals surface area (Å²) in [6.45, 7) is 8.95. The molecule has 1 heterocycles. The van der Waals surface area contributed by atoms with Gasteiger partial charge in [0.05, 0.1) is 5.41 Å². The molecule has 1 rings (SSSR count). The predicted octanol–water partition coefficient (Wildman–Crippen LogP) is 3.57. The van der Waals surface area contributed by atoms with Crippen LogP contribution in [0.5, 0.6) is 0 Å². The molecule has 0 radical (unpaired) electrons. The van der Waals surface area contributed by atoms with Crippen LogP contribution in [0.3, 0.4) is 0 Å². The van der Waals surface area contributed by atoms with E-state index in [0.29, 0.717) is 12.5 Å². The Kier molecular flexibility index (Phi) is 7.57. The first-order valence-electron chi connectivity index (χ1n) is 8.63. The van der Waals surface area contributed by atoms with Crippen LogP contribution in [0.1, 0.15) is 72.1 Å². The van der Waals surface area contributed by atoms with Gasteiger partial charge in [-0.25, -0.2) is 0 Å². The summed E-state index contributed by atoms with van der Waals surface area (Å²) in [7, 11) is 0. The Morgan fingerprint density at radius 2 is 1.65 bits per heavy atom. The van der Waals surface area contributed by atoms with Crippen molar-refractivity contribution in [3.8, 4) is 0 Å². The van der Waals surface area contributed by atoms with Crippen LogP contribution in [0.4, 0.5) is 0 Å². The van der Waals surface area contributed by atoms with Crippen molar-refractivity contribution >= 4 is 5.91 Å². The van der Waals surface area contributed by atoms with E-state index in [1.165, 1.54) is 25.7 Å². The SMILES string of the molecule is CCCC1CCN(C(=O)C(CN)(CCC)CCC)CC1. The lowest BCUT2D eigenvalue weighted by molar-refractivity contribution is -0.144. The topological polar surface area (TPSA) is 46.3 Å². The first kappa shape index (κ1) is 17.5. The fraction of sp³-hybridized carbons (Fsp3) is 0.941. The monoisotopic (exact) mass is 282 g/mol. The Morgan fingerprint density at radius 3 is 2.05 bits per heavy atom. The lowest BCUT2D eigenvalue weighted by Gasteiger charge is -2.40. The predicted molar refractivity (Wildman–Crippen MR) is 85.5 cm³/mol. The van der Waals surface area contributed by atoms with Gasteiger partial charge in [-0.05, 0) is 31.6 Å². The number of likely N-dealkylation sites (tertiary alicyclic amines) is 1. The molecule has 3 nitrogen and oxygen atoms in total. The van der Waals surface area contributed by atoms with Crippen molar-refractivity contribution < 1.29 is 4.79 Å². The highest BCUT2D eigenvalue weighted by atomic mass is 16.2. The zero-order valence-corrected chi connectivity index (χ0v) is 13.8. The summed E-state index contributed by atoms with van der Waals surface area (Å²) in [6, 6.07) is 0. The van der Waals surface area contributed by atoms with Gasteiger partial charge in [0.1, 0.15) is 0 Å². The van der Waals surface area contributed by atoms with Crippen molar-refractivity contribution in [2.24, 2.45) is 17.1 Å². The normalized spacial score (nSPS) is 17.5. The number of nitrogens with zero attached hydrogens (tertiary/aromatic N) is 1. The van der Waals surface area contributed by atoms with Crippen LogP contribution >= 0.6 is 0 Å². The lowest BCUT2D eigenvalue weighted by Crippen LogP contribution is -2.50. The van der Waals surface area contributed by atoms with Gasteiger partial charge < -0.3 is 10.6 Å². The fourth-order valence-electron chi connectivity index (χ4n) is 3.76. The van der Waals surface area contributed by atoms with Crippen molar-refractivity contribution in [3.63, 3.8) is 0 Å². The molecule has 0 aromatic rings. The van der Waals surface area contributed by atoms with E-state index in [1.54, 1.807) is 0 Å². The molecule has 0 atom stereocenters. The van der Waals surface area contributed by atoms with Crippen molar-refractivity contribution in [1.29, 1.82) is 0 Å². The molecule has 0 saturated carbocycles. The molecule has 1 aliphatic rings. The van der Waals surface area contributed by atoms with Gasteiger partial charge in [-0.2, -0.15) is 0 Å². The molecule has 3 heteroatoms. The second-order valence-electron chi connectivity index (χ2n) is 6.51. The van der Waals surface area contributed by atoms with Crippen LogP contribution in [-0.4, -0.2) is 30.4 Å². The van der Waals surface area contributed by atoms with Gasteiger partial charge in [0, 0.05) is 19.6 Å². The van der Waals surface area contributed by atoms with Crippen LogP contribution in [0.2, 0.25) is 0 Å². The molecule has 1 saturated heterocycles. The highest BCUT2D eigenvalue weighted by molar-refractivity contribution is 5.83. The summed E-state index contributed by atoms with van der Waals surface area (Å²) >= 11 is 0. The summed E-state index contributed by atoms with van der Waals surface area (Å²) in [5.74, 6) is 1.16. The molecule has 20 heavy (non-hydrogen) atoms. The molecule has 118 valence electrons. The van der Waals surface area contributed by atoms with Gasteiger partial charge in [0.2, 0.25) is 5.91 Å². The number of piperidine rings is 1. The van der Waals surface area contributed by atoms with Crippen LogP contribution < -0.4 is 5.73 Å². The molecule has 2 N–H and O–H groups in total. The Hall–Kier alpha value is -0.570. The van der Waals surface area contributed by atoms with E-state index >= 15 is 0 Å². The second-order valence-corrected chi connectivity index (χ2v) is 6.51. The standard InChI is InChI=1S/C17H34N2O/c1-4-7-15-8-12-19(13-9-15)16(20)17(14-18,10-5-2)11-6-3/h15H,4-14,18H2,1-3H3. The van der Waals surface area contributed by atoms with E-state index in [-0.39, 0.29) is 5.41 Å². The second kappa shape index (κ2) is 8.66. The van der Waals surface area contributed by atoms with E-state index < -0.39 is 0 Å². The van der Waals surface area contributed by atoms with Crippen molar-refractivity contribution in [2.75, 3.05) is 19.6 Å². The molecule has 0 spiro atoms. The first-order valence-corrected chi connectivity index (χ1v) is 8.63. The number of carbonyl (C=O) groups excluding carboxylic acids is 1. The van der Waals surface area contributed by atoms with Crippen LogP contribution in [0, 0.1) is 11.3 Å². The summed E-state index contributed by atoms with van der Waals surface area (Å²) < 4.78 is 0. The minimum atomic E-state index is -0.291. The Bertz CT molecular complexity index is 277. The Balaban J connectivity index is 2.66. The number of amides is 1. The summed E-state index contributed by atoms with van der Waals surface area (Å²) in [5, 5.41) is 0. The first-order chi connectivity index (χ1) is 9.63. The largest absolute Gasteiger partial charge is 0.342 e. The van der Waals surface area contributed by atoms with E-state index in [1.807, 2.05) is 0 Å². The number of nitrogens with two attached hydrogens (primary N) is 1.